The topological polar surface area (TPSA) is 105 Å². The Morgan fingerprint density at radius 1 is 0.950 bits per heavy atom. The van der Waals surface area contributed by atoms with E-state index < -0.39 is 5.97 Å². The van der Waals surface area contributed by atoms with Gasteiger partial charge in [-0.1, -0.05) is 47.6 Å². The number of nitrogens with one attached hydrogen (secondary N) is 1. The molecule has 0 aliphatic heterocycles. The summed E-state index contributed by atoms with van der Waals surface area (Å²) in [4.78, 5) is 24.9. The van der Waals surface area contributed by atoms with Crippen LogP contribution in [0.2, 0.25) is 5.02 Å². The fourth-order valence-electron chi connectivity index (χ4n) is 3.75. The van der Waals surface area contributed by atoms with Gasteiger partial charge < -0.3 is 19.5 Å². The van der Waals surface area contributed by atoms with Crippen molar-refractivity contribution in [2.45, 2.75) is 32.5 Å². The summed E-state index contributed by atoms with van der Waals surface area (Å²) in [5.41, 5.74) is 2.51. The molecular formula is C29H29ClN4O5S. The lowest BCUT2D eigenvalue weighted by Gasteiger charge is -2.14. The van der Waals surface area contributed by atoms with Crippen molar-refractivity contribution in [1.29, 1.82) is 0 Å². The largest absolute Gasteiger partial charge is 0.490 e. The minimum atomic E-state index is -0.492. The molecule has 4 aromatic rings. The minimum absolute atomic E-state index is 0.0260. The van der Waals surface area contributed by atoms with Crippen LogP contribution in [0.1, 0.15) is 35.6 Å². The second kappa shape index (κ2) is 13.9. The quantitative estimate of drug-likeness (QED) is 0.158. The van der Waals surface area contributed by atoms with Gasteiger partial charge in [-0.25, -0.2) is 4.79 Å². The number of thioether (sulfide) groups is 1. The highest BCUT2D eigenvalue weighted by atomic mass is 35.5. The summed E-state index contributed by atoms with van der Waals surface area (Å²) in [6.07, 6.45) is 0. The Morgan fingerprint density at radius 2 is 1.75 bits per heavy atom. The monoisotopic (exact) mass is 580 g/mol. The third-order valence-electron chi connectivity index (χ3n) is 5.55. The van der Waals surface area contributed by atoms with Gasteiger partial charge in [-0.3, -0.25) is 9.36 Å². The molecule has 4 rings (SSSR count). The molecule has 208 valence electrons. The number of ether oxygens (including phenoxy) is 3. The first-order valence-electron chi connectivity index (χ1n) is 12.6. The molecule has 0 saturated carbocycles. The van der Waals surface area contributed by atoms with Crippen LogP contribution < -0.4 is 14.8 Å². The molecule has 1 aromatic heterocycles. The number of hydrogen-bond donors (Lipinski definition) is 1. The summed E-state index contributed by atoms with van der Waals surface area (Å²) in [6, 6.07) is 19.9. The van der Waals surface area contributed by atoms with E-state index in [2.05, 4.69) is 15.5 Å². The maximum absolute atomic E-state index is 12.8. The number of aryl methyl sites for hydroxylation is 1. The second-order valence-corrected chi connectivity index (χ2v) is 9.84. The number of esters is 1. The number of nitrogens with zero attached hydrogens (tertiary/aromatic N) is 3. The maximum Gasteiger partial charge on any atom is 0.338 e. The van der Waals surface area contributed by atoms with Crippen LogP contribution in [-0.4, -0.2) is 45.6 Å². The smallest absolute Gasteiger partial charge is 0.338 e. The van der Waals surface area contributed by atoms with E-state index in [1.807, 2.05) is 66.9 Å². The van der Waals surface area contributed by atoms with E-state index in [1.54, 1.807) is 19.1 Å². The number of aromatic nitrogens is 3. The van der Waals surface area contributed by atoms with E-state index in [-0.39, 0.29) is 24.9 Å². The zero-order chi connectivity index (χ0) is 28.5. The van der Waals surface area contributed by atoms with Gasteiger partial charge >= 0.3 is 5.97 Å². The Kier molecular flexibility index (Phi) is 10.0. The lowest BCUT2D eigenvalue weighted by atomic mass is 10.2. The Hall–Kier alpha value is -4.02. The molecule has 0 unspecified atom stereocenters. The number of hydrogen-bond acceptors (Lipinski definition) is 8. The molecule has 0 spiro atoms. The molecule has 0 aliphatic rings. The fraction of sp³-hybridized carbons (Fsp3) is 0.241. The van der Waals surface area contributed by atoms with Gasteiger partial charge in [0.1, 0.15) is 6.61 Å². The van der Waals surface area contributed by atoms with Crippen LogP contribution >= 0.6 is 23.4 Å². The van der Waals surface area contributed by atoms with Crippen LogP contribution in [-0.2, 0) is 16.1 Å². The third kappa shape index (κ3) is 7.34. The van der Waals surface area contributed by atoms with Crippen molar-refractivity contribution in [2.24, 2.45) is 0 Å². The van der Waals surface area contributed by atoms with Crippen LogP contribution in [0.15, 0.2) is 71.9 Å². The Morgan fingerprint density at radius 3 is 2.50 bits per heavy atom. The zero-order valence-corrected chi connectivity index (χ0v) is 23.9. The van der Waals surface area contributed by atoms with E-state index in [1.165, 1.54) is 17.8 Å². The molecule has 1 heterocycles. The van der Waals surface area contributed by atoms with Gasteiger partial charge in [0.15, 0.2) is 22.5 Å². The van der Waals surface area contributed by atoms with Crippen LogP contribution in [0.4, 0.5) is 5.69 Å². The lowest BCUT2D eigenvalue weighted by Crippen LogP contribution is -2.16. The Labute approximate surface area is 241 Å². The lowest BCUT2D eigenvalue weighted by molar-refractivity contribution is -0.113. The van der Waals surface area contributed by atoms with Crippen molar-refractivity contribution in [3.05, 3.63) is 88.7 Å². The molecule has 0 saturated heterocycles. The van der Waals surface area contributed by atoms with Gasteiger partial charge in [-0.2, -0.15) is 0 Å². The molecule has 0 aliphatic carbocycles. The summed E-state index contributed by atoms with van der Waals surface area (Å²) in [5.74, 6) is 1.03. The van der Waals surface area contributed by atoms with Crippen molar-refractivity contribution in [2.75, 3.05) is 24.3 Å². The van der Waals surface area contributed by atoms with E-state index in [0.29, 0.717) is 45.4 Å². The molecule has 1 N–H and O–H groups in total. The summed E-state index contributed by atoms with van der Waals surface area (Å²) in [7, 11) is 0. The number of rotatable bonds is 12. The average molecular weight is 581 g/mol. The van der Waals surface area contributed by atoms with Crippen molar-refractivity contribution in [3.63, 3.8) is 0 Å². The predicted molar refractivity (Wildman–Crippen MR) is 155 cm³/mol. The van der Waals surface area contributed by atoms with Crippen molar-refractivity contribution < 1.29 is 23.8 Å². The van der Waals surface area contributed by atoms with Crippen LogP contribution in [0.25, 0.3) is 5.69 Å². The number of halogens is 1. The van der Waals surface area contributed by atoms with Gasteiger partial charge in [-0.15, -0.1) is 10.2 Å². The molecule has 0 fully saturated rings. The number of anilines is 1. The van der Waals surface area contributed by atoms with Gasteiger partial charge in [0.25, 0.3) is 0 Å². The van der Waals surface area contributed by atoms with E-state index >= 15 is 0 Å². The SMILES string of the molecule is CCOC(=O)c1ccc(Cl)c(NC(=O)CSc2nnc(COc3ccc(C)cc3OCC)n2-c2ccccc2)c1. The molecular weight excluding hydrogens is 552 g/mol. The van der Waals surface area contributed by atoms with Crippen molar-refractivity contribution in [3.8, 4) is 17.2 Å². The highest BCUT2D eigenvalue weighted by Gasteiger charge is 2.18. The van der Waals surface area contributed by atoms with Crippen molar-refractivity contribution in [1.82, 2.24) is 14.8 Å². The average Bonchev–Trinajstić information content (AvgIpc) is 3.36. The van der Waals surface area contributed by atoms with E-state index in [9.17, 15) is 9.59 Å². The first-order valence-corrected chi connectivity index (χ1v) is 14.0. The minimum Gasteiger partial charge on any atom is -0.490 e. The fourth-order valence-corrected chi connectivity index (χ4v) is 4.68. The Bertz CT molecular complexity index is 1480. The molecule has 1 amide bonds. The number of benzene rings is 3. The normalized spacial score (nSPS) is 10.7. The first kappa shape index (κ1) is 29.0. The van der Waals surface area contributed by atoms with E-state index in [0.717, 1.165) is 11.3 Å². The second-order valence-electron chi connectivity index (χ2n) is 8.49. The van der Waals surface area contributed by atoms with Crippen LogP contribution in [0, 0.1) is 6.92 Å². The van der Waals surface area contributed by atoms with Gasteiger partial charge in [-0.05, 0) is 68.8 Å². The molecule has 9 nitrogen and oxygen atoms in total. The molecule has 11 heteroatoms. The first-order chi connectivity index (χ1) is 19.4. The number of carbonyl (C=O) groups is 2. The summed E-state index contributed by atoms with van der Waals surface area (Å²) >= 11 is 7.46. The highest BCUT2D eigenvalue weighted by Crippen LogP contribution is 2.30. The maximum atomic E-state index is 12.8. The summed E-state index contributed by atoms with van der Waals surface area (Å²) in [6.45, 7) is 6.52. The van der Waals surface area contributed by atoms with Crippen LogP contribution in [0.3, 0.4) is 0 Å². The zero-order valence-electron chi connectivity index (χ0n) is 22.3. The summed E-state index contributed by atoms with van der Waals surface area (Å²) in [5, 5.41) is 12.3. The molecule has 0 atom stereocenters. The van der Waals surface area contributed by atoms with Gasteiger partial charge in [0.2, 0.25) is 5.91 Å². The van der Waals surface area contributed by atoms with Crippen molar-refractivity contribution >= 4 is 40.9 Å². The standard InChI is InChI=1S/C29H29ClN4O5S/c1-4-37-25-15-19(3)11-14-24(25)39-17-26-32-33-29(34(26)21-9-7-6-8-10-21)40-18-27(35)31-23-16-20(12-13-22(23)30)28(36)38-5-2/h6-16H,4-5,17-18H2,1-3H3,(H,31,35). The molecule has 40 heavy (non-hydrogen) atoms. The predicted octanol–water partition coefficient (Wildman–Crippen LogP) is 6.11. The van der Waals surface area contributed by atoms with Crippen LogP contribution in [0.5, 0.6) is 11.5 Å². The molecule has 0 bridgehead atoms. The van der Waals surface area contributed by atoms with Gasteiger partial charge in [0, 0.05) is 5.69 Å². The third-order valence-corrected chi connectivity index (χ3v) is 6.81. The number of amides is 1. The van der Waals surface area contributed by atoms with Gasteiger partial charge in [0.05, 0.1) is 35.2 Å². The molecule has 0 radical (unpaired) electrons. The van der Waals surface area contributed by atoms with E-state index in [4.69, 9.17) is 25.8 Å². The highest BCUT2D eigenvalue weighted by molar-refractivity contribution is 7.99. The molecule has 3 aromatic carbocycles. The number of carbonyl (C=O) groups excluding carboxylic acids is 2. The Balaban J connectivity index is 1.50. The summed E-state index contributed by atoms with van der Waals surface area (Å²) < 4.78 is 18.7. The number of para-hydroxylation sites is 1.